The molecule has 2 amide bonds. The normalized spacial score (nSPS) is 36.7. The fourth-order valence-corrected chi connectivity index (χ4v) is 3.42. The van der Waals surface area contributed by atoms with E-state index in [2.05, 4.69) is 5.32 Å². The van der Waals surface area contributed by atoms with Crippen molar-refractivity contribution in [2.75, 3.05) is 6.54 Å². The van der Waals surface area contributed by atoms with Crippen LogP contribution in [-0.2, 0) is 9.59 Å². The van der Waals surface area contributed by atoms with E-state index in [4.69, 9.17) is 0 Å². The fourth-order valence-electron chi connectivity index (χ4n) is 3.42. The molecule has 1 aliphatic heterocycles. The number of nitrogens with zero attached hydrogens (tertiary/aromatic N) is 1. The highest BCUT2D eigenvalue weighted by Gasteiger charge is 2.52. The maximum absolute atomic E-state index is 12.9. The monoisotopic (exact) mass is 264 g/mol. The van der Waals surface area contributed by atoms with E-state index < -0.39 is 5.54 Å². The van der Waals surface area contributed by atoms with E-state index in [0.29, 0.717) is 18.3 Å². The van der Waals surface area contributed by atoms with Crippen LogP contribution in [0.2, 0.25) is 0 Å². The molecule has 1 N–H and O–H groups in total. The van der Waals surface area contributed by atoms with Crippen LogP contribution in [0.3, 0.4) is 0 Å². The zero-order valence-electron chi connectivity index (χ0n) is 11.9. The average molecular weight is 264 g/mol. The summed E-state index contributed by atoms with van der Waals surface area (Å²) < 4.78 is 0. The minimum atomic E-state index is -0.647. The quantitative estimate of drug-likeness (QED) is 0.843. The summed E-state index contributed by atoms with van der Waals surface area (Å²) >= 11 is 0. The molecule has 3 fully saturated rings. The van der Waals surface area contributed by atoms with Gasteiger partial charge in [0.1, 0.15) is 5.54 Å². The Bertz CT molecular complexity index is 401. The maximum Gasteiger partial charge on any atom is 0.248 e. The second kappa shape index (κ2) is 4.50. The molecule has 2 unspecified atom stereocenters. The highest BCUT2D eigenvalue weighted by molar-refractivity contribution is 5.94. The summed E-state index contributed by atoms with van der Waals surface area (Å²) in [6.45, 7) is 4.78. The third-order valence-corrected chi connectivity index (χ3v) is 5.19. The van der Waals surface area contributed by atoms with Crippen LogP contribution in [0.1, 0.15) is 52.4 Å². The molecule has 1 heterocycles. The molecular formula is C15H24N2O2. The van der Waals surface area contributed by atoms with Crippen LogP contribution < -0.4 is 5.32 Å². The van der Waals surface area contributed by atoms with Gasteiger partial charge in [0.25, 0.3) is 0 Å². The van der Waals surface area contributed by atoms with Gasteiger partial charge in [-0.2, -0.15) is 0 Å². The van der Waals surface area contributed by atoms with Crippen molar-refractivity contribution in [2.45, 2.75) is 64.0 Å². The molecular weight excluding hydrogens is 240 g/mol. The van der Waals surface area contributed by atoms with E-state index in [-0.39, 0.29) is 17.9 Å². The van der Waals surface area contributed by atoms with Crippen LogP contribution in [0.25, 0.3) is 0 Å². The average Bonchev–Trinajstić information content (AvgIpc) is 3.09. The first-order chi connectivity index (χ1) is 9.00. The van der Waals surface area contributed by atoms with Gasteiger partial charge < -0.3 is 10.2 Å². The maximum atomic E-state index is 12.9. The van der Waals surface area contributed by atoms with Gasteiger partial charge in [-0.15, -0.1) is 0 Å². The third-order valence-electron chi connectivity index (χ3n) is 5.19. The Hall–Kier alpha value is -1.06. The van der Waals surface area contributed by atoms with Crippen LogP contribution in [0, 0.1) is 11.8 Å². The molecule has 1 saturated heterocycles. The number of hydrogen-bond donors (Lipinski definition) is 1. The smallest absolute Gasteiger partial charge is 0.248 e. The van der Waals surface area contributed by atoms with Gasteiger partial charge in [0.2, 0.25) is 11.8 Å². The Morgan fingerprint density at radius 2 is 1.95 bits per heavy atom. The summed E-state index contributed by atoms with van der Waals surface area (Å²) in [5.41, 5.74) is -0.647. The van der Waals surface area contributed by atoms with Crippen molar-refractivity contribution in [3.8, 4) is 0 Å². The highest BCUT2D eigenvalue weighted by Crippen LogP contribution is 2.42. The first-order valence-electron chi connectivity index (χ1n) is 7.63. The van der Waals surface area contributed by atoms with Crippen molar-refractivity contribution < 1.29 is 9.59 Å². The summed E-state index contributed by atoms with van der Waals surface area (Å²) in [6.07, 6.45) is 6.33. The molecule has 3 rings (SSSR count). The Balaban J connectivity index is 1.82. The van der Waals surface area contributed by atoms with Gasteiger partial charge in [-0.1, -0.05) is 6.42 Å². The minimum absolute atomic E-state index is 0.0337. The van der Waals surface area contributed by atoms with Crippen LogP contribution in [0.15, 0.2) is 0 Å². The van der Waals surface area contributed by atoms with Crippen LogP contribution in [0.5, 0.6) is 0 Å². The summed E-state index contributed by atoms with van der Waals surface area (Å²) in [5, 5.41) is 3.01. The van der Waals surface area contributed by atoms with Crippen molar-refractivity contribution >= 4 is 11.8 Å². The highest BCUT2D eigenvalue weighted by atomic mass is 16.2. The molecule has 0 spiro atoms. The minimum Gasteiger partial charge on any atom is -0.342 e. The van der Waals surface area contributed by atoms with E-state index in [1.807, 2.05) is 18.7 Å². The molecule has 2 saturated carbocycles. The first kappa shape index (κ1) is 12.9. The second-order valence-electron chi connectivity index (χ2n) is 6.83. The molecule has 0 aromatic heterocycles. The predicted octanol–water partition coefficient (Wildman–Crippen LogP) is 1.69. The van der Waals surface area contributed by atoms with E-state index in [1.54, 1.807) is 0 Å². The zero-order chi connectivity index (χ0) is 13.6. The third kappa shape index (κ3) is 2.26. The molecule has 3 aliphatic rings. The first-order valence-corrected chi connectivity index (χ1v) is 7.63. The second-order valence-corrected chi connectivity index (χ2v) is 6.83. The van der Waals surface area contributed by atoms with Gasteiger partial charge in [-0.05, 0) is 51.4 Å². The van der Waals surface area contributed by atoms with E-state index in [9.17, 15) is 9.59 Å². The Kier molecular flexibility index (Phi) is 3.06. The summed E-state index contributed by atoms with van der Waals surface area (Å²) in [7, 11) is 0. The molecule has 19 heavy (non-hydrogen) atoms. The van der Waals surface area contributed by atoms with E-state index >= 15 is 0 Å². The van der Waals surface area contributed by atoms with E-state index in [1.165, 1.54) is 19.3 Å². The van der Waals surface area contributed by atoms with Crippen molar-refractivity contribution in [3.63, 3.8) is 0 Å². The van der Waals surface area contributed by atoms with Crippen LogP contribution >= 0.6 is 0 Å². The van der Waals surface area contributed by atoms with Crippen molar-refractivity contribution in [3.05, 3.63) is 0 Å². The number of nitrogens with one attached hydrogen (secondary N) is 1. The predicted molar refractivity (Wildman–Crippen MR) is 72.4 cm³/mol. The van der Waals surface area contributed by atoms with Gasteiger partial charge in [-0.3, -0.25) is 9.59 Å². The Labute approximate surface area is 114 Å². The fraction of sp³-hybridized carbons (Fsp3) is 0.867. The number of hydrogen-bond acceptors (Lipinski definition) is 2. The lowest BCUT2D eigenvalue weighted by atomic mass is 9.84. The number of amides is 2. The summed E-state index contributed by atoms with van der Waals surface area (Å²) in [5.74, 6) is 1.19. The largest absolute Gasteiger partial charge is 0.342 e. The van der Waals surface area contributed by atoms with Gasteiger partial charge in [-0.25, -0.2) is 0 Å². The van der Waals surface area contributed by atoms with Crippen LogP contribution in [0.4, 0.5) is 0 Å². The zero-order valence-corrected chi connectivity index (χ0v) is 11.9. The number of rotatable bonds is 3. The number of carbonyl (C=O) groups is 2. The van der Waals surface area contributed by atoms with Crippen molar-refractivity contribution in [1.29, 1.82) is 0 Å². The van der Waals surface area contributed by atoms with Crippen LogP contribution in [-0.4, -0.2) is 34.8 Å². The Morgan fingerprint density at radius 3 is 2.47 bits per heavy atom. The summed E-state index contributed by atoms with van der Waals surface area (Å²) in [6, 6.07) is 0.0358. The Morgan fingerprint density at radius 1 is 1.26 bits per heavy atom. The van der Waals surface area contributed by atoms with Crippen molar-refractivity contribution in [2.24, 2.45) is 11.8 Å². The molecule has 0 bridgehead atoms. The van der Waals surface area contributed by atoms with E-state index in [0.717, 1.165) is 19.4 Å². The van der Waals surface area contributed by atoms with Gasteiger partial charge >= 0.3 is 0 Å². The SMILES string of the molecule is CC1CC(=O)NC(C)(C2CC2)C(=O)N1CC1CCC1. The molecule has 4 nitrogen and oxygen atoms in total. The van der Waals surface area contributed by atoms with Gasteiger partial charge in [0.15, 0.2) is 0 Å². The van der Waals surface area contributed by atoms with Gasteiger partial charge in [0, 0.05) is 19.0 Å². The summed E-state index contributed by atoms with van der Waals surface area (Å²) in [4.78, 5) is 26.9. The molecule has 2 aliphatic carbocycles. The molecule has 0 aromatic rings. The topological polar surface area (TPSA) is 49.4 Å². The van der Waals surface area contributed by atoms with Gasteiger partial charge in [0.05, 0.1) is 0 Å². The molecule has 2 atom stereocenters. The lowest BCUT2D eigenvalue weighted by Gasteiger charge is -2.38. The molecule has 4 heteroatoms. The molecule has 0 radical (unpaired) electrons. The lowest BCUT2D eigenvalue weighted by molar-refractivity contribution is -0.141. The molecule has 0 aromatic carbocycles. The standard InChI is InChI=1S/C15H24N2O2/c1-10-8-13(18)16-15(2,12-6-7-12)14(19)17(10)9-11-4-3-5-11/h10-12H,3-9H2,1-2H3,(H,16,18). The lowest BCUT2D eigenvalue weighted by Crippen LogP contribution is -2.58. The van der Waals surface area contributed by atoms with Crippen molar-refractivity contribution in [1.82, 2.24) is 10.2 Å². The molecule has 106 valence electrons. The number of carbonyl (C=O) groups excluding carboxylic acids is 2.